The van der Waals surface area contributed by atoms with Gasteiger partial charge in [0, 0.05) is 28.8 Å². The molecule has 0 aromatic heterocycles. The Labute approximate surface area is 160 Å². The number of phenolic OH excluding ortho intramolecular Hbond substituents is 1. The van der Waals surface area contributed by atoms with Crippen LogP contribution < -0.4 is 5.32 Å². The number of phenols is 1. The van der Waals surface area contributed by atoms with Gasteiger partial charge < -0.3 is 15.2 Å². The highest BCUT2D eigenvalue weighted by atomic mass is 35.5. The molecule has 2 heterocycles. The topological polar surface area (TPSA) is 41.5 Å². The maximum absolute atomic E-state index is 9.70. The van der Waals surface area contributed by atoms with Crippen LogP contribution in [0.3, 0.4) is 0 Å². The minimum Gasteiger partial charge on any atom is -0.508 e. The van der Waals surface area contributed by atoms with Crippen molar-refractivity contribution in [3.63, 3.8) is 0 Å². The molecule has 0 bridgehead atoms. The van der Waals surface area contributed by atoms with Crippen molar-refractivity contribution in [1.29, 1.82) is 0 Å². The minimum atomic E-state index is 0.0807. The van der Waals surface area contributed by atoms with E-state index in [0.29, 0.717) is 10.9 Å². The molecule has 4 rings (SSSR count). The largest absolute Gasteiger partial charge is 0.508 e. The zero-order valence-electron chi connectivity index (χ0n) is 15.6. The molecule has 0 saturated carbocycles. The maximum Gasteiger partial charge on any atom is 0.117 e. The summed E-state index contributed by atoms with van der Waals surface area (Å²) in [6, 6.07) is 12.0. The highest BCUT2D eigenvalue weighted by Crippen LogP contribution is 2.50. The lowest BCUT2D eigenvalue weighted by atomic mass is 9.76. The van der Waals surface area contributed by atoms with Crippen molar-refractivity contribution in [2.75, 3.05) is 11.9 Å². The summed E-state index contributed by atoms with van der Waals surface area (Å²) in [6.45, 7) is 7.52. The molecule has 1 fully saturated rings. The summed E-state index contributed by atoms with van der Waals surface area (Å²) in [5, 5.41) is 14.0. The molecule has 2 aromatic rings. The SMILES string of the molecule is CC(C)(C)c1ccc2c(c1)C1OCCCC1C(c1ccc(O)cc1Cl)N2. The van der Waals surface area contributed by atoms with Crippen molar-refractivity contribution in [3.05, 3.63) is 58.1 Å². The van der Waals surface area contributed by atoms with Crippen LogP contribution in [0.5, 0.6) is 5.75 Å². The van der Waals surface area contributed by atoms with Gasteiger partial charge in [0.05, 0.1) is 12.1 Å². The van der Waals surface area contributed by atoms with Gasteiger partial charge in [0.15, 0.2) is 0 Å². The van der Waals surface area contributed by atoms with E-state index in [1.807, 2.05) is 6.07 Å². The Hall–Kier alpha value is -1.71. The van der Waals surface area contributed by atoms with E-state index in [1.165, 1.54) is 11.1 Å². The molecule has 2 aromatic carbocycles. The zero-order valence-corrected chi connectivity index (χ0v) is 16.3. The predicted octanol–water partition coefficient (Wildman–Crippen LogP) is 5.98. The third-order valence-electron chi connectivity index (χ3n) is 5.65. The summed E-state index contributed by atoms with van der Waals surface area (Å²) in [6.07, 6.45) is 2.24. The Balaban J connectivity index is 1.79. The zero-order chi connectivity index (χ0) is 18.5. The number of halogens is 1. The second-order valence-electron chi connectivity index (χ2n) is 8.48. The van der Waals surface area contributed by atoms with Crippen LogP contribution in [0.4, 0.5) is 5.69 Å². The Morgan fingerprint density at radius 3 is 2.65 bits per heavy atom. The van der Waals surface area contributed by atoms with Crippen molar-refractivity contribution < 1.29 is 9.84 Å². The van der Waals surface area contributed by atoms with E-state index in [2.05, 4.69) is 44.3 Å². The lowest BCUT2D eigenvalue weighted by molar-refractivity contribution is -0.0381. The molecule has 0 amide bonds. The van der Waals surface area contributed by atoms with Gasteiger partial charge in [-0.3, -0.25) is 0 Å². The van der Waals surface area contributed by atoms with Crippen LogP contribution in [0.25, 0.3) is 0 Å². The standard InChI is InChI=1S/C22H26ClNO2/c1-22(2,3)13-6-9-19-17(11-13)21-16(5-4-10-26-21)20(24-19)15-8-7-14(25)12-18(15)23/h6-9,11-12,16,20-21,24-25H,4-5,10H2,1-3H3. The van der Waals surface area contributed by atoms with Gasteiger partial charge >= 0.3 is 0 Å². The molecular weight excluding hydrogens is 346 g/mol. The number of hydrogen-bond acceptors (Lipinski definition) is 3. The summed E-state index contributed by atoms with van der Waals surface area (Å²) in [5.41, 5.74) is 4.84. The lowest BCUT2D eigenvalue weighted by Gasteiger charge is -2.44. The van der Waals surface area contributed by atoms with Gasteiger partial charge in [0.2, 0.25) is 0 Å². The lowest BCUT2D eigenvalue weighted by Crippen LogP contribution is -2.36. The smallest absolute Gasteiger partial charge is 0.117 e. The molecule has 26 heavy (non-hydrogen) atoms. The highest BCUT2D eigenvalue weighted by Gasteiger charge is 2.40. The van der Waals surface area contributed by atoms with Crippen LogP contribution in [0.1, 0.15) is 62.4 Å². The molecular formula is C22H26ClNO2. The Morgan fingerprint density at radius 2 is 1.92 bits per heavy atom. The minimum absolute atomic E-state index is 0.0807. The molecule has 2 aliphatic rings. The van der Waals surface area contributed by atoms with E-state index in [-0.39, 0.29) is 23.3 Å². The first-order valence-electron chi connectivity index (χ1n) is 9.35. The van der Waals surface area contributed by atoms with Crippen LogP contribution in [0.2, 0.25) is 5.02 Å². The number of rotatable bonds is 1. The van der Waals surface area contributed by atoms with E-state index in [9.17, 15) is 5.11 Å². The van der Waals surface area contributed by atoms with Gasteiger partial charge in [-0.15, -0.1) is 0 Å². The van der Waals surface area contributed by atoms with Crippen LogP contribution in [-0.2, 0) is 10.2 Å². The average molecular weight is 372 g/mol. The average Bonchev–Trinajstić information content (AvgIpc) is 2.60. The molecule has 0 radical (unpaired) electrons. The van der Waals surface area contributed by atoms with Crippen molar-refractivity contribution in [3.8, 4) is 5.75 Å². The van der Waals surface area contributed by atoms with Gasteiger partial charge in [-0.05, 0) is 47.6 Å². The fourth-order valence-corrected chi connectivity index (χ4v) is 4.51. The number of hydrogen-bond donors (Lipinski definition) is 2. The van der Waals surface area contributed by atoms with E-state index < -0.39 is 0 Å². The fourth-order valence-electron chi connectivity index (χ4n) is 4.21. The van der Waals surface area contributed by atoms with E-state index in [0.717, 1.165) is 30.7 Å². The first-order valence-corrected chi connectivity index (χ1v) is 9.73. The summed E-state index contributed by atoms with van der Waals surface area (Å²) < 4.78 is 6.26. The van der Waals surface area contributed by atoms with Crippen LogP contribution in [0.15, 0.2) is 36.4 Å². The fraction of sp³-hybridized carbons (Fsp3) is 0.455. The molecule has 0 spiro atoms. The number of aromatic hydroxyl groups is 1. The number of nitrogens with one attached hydrogen (secondary N) is 1. The number of anilines is 1. The van der Waals surface area contributed by atoms with Crippen molar-refractivity contribution >= 4 is 17.3 Å². The second-order valence-corrected chi connectivity index (χ2v) is 8.88. The summed E-state index contributed by atoms with van der Waals surface area (Å²) >= 11 is 6.47. The van der Waals surface area contributed by atoms with Crippen molar-refractivity contribution in [2.45, 2.75) is 51.2 Å². The van der Waals surface area contributed by atoms with Crippen molar-refractivity contribution in [2.24, 2.45) is 5.92 Å². The Bertz CT molecular complexity index is 827. The molecule has 138 valence electrons. The van der Waals surface area contributed by atoms with Gasteiger partial charge in [-0.1, -0.05) is 50.6 Å². The van der Waals surface area contributed by atoms with Gasteiger partial charge in [0.25, 0.3) is 0 Å². The molecule has 3 unspecified atom stereocenters. The summed E-state index contributed by atoms with van der Waals surface area (Å²) in [7, 11) is 0. The van der Waals surface area contributed by atoms with Gasteiger partial charge in [-0.2, -0.15) is 0 Å². The highest BCUT2D eigenvalue weighted by molar-refractivity contribution is 6.31. The van der Waals surface area contributed by atoms with Gasteiger partial charge in [0.1, 0.15) is 5.75 Å². The first kappa shape index (κ1) is 17.7. The first-order chi connectivity index (χ1) is 12.3. The molecule has 1 saturated heterocycles. The van der Waals surface area contributed by atoms with E-state index in [1.54, 1.807) is 12.1 Å². The molecule has 3 nitrogen and oxygen atoms in total. The third-order valence-corrected chi connectivity index (χ3v) is 5.98. The van der Waals surface area contributed by atoms with Crippen LogP contribution >= 0.6 is 11.6 Å². The molecule has 4 heteroatoms. The van der Waals surface area contributed by atoms with Crippen LogP contribution in [0, 0.1) is 5.92 Å². The number of fused-ring (bicyclic) bond motifs is 3. The summed E-state index contributed by atoms with van der Waals surface area (Å²) in [4.78, 5) is 0. The normalized spacial score (nSPS) is 25.2. The van der Waals surface area contributed by atoms with Crippen LogP contribution in [-0.4, -0.2) is 11.7 Å². The predicted molar refractivity (Wildman–Crippen MR) is 106 cm³/mol. The monoisotopic (exact) mass is 371 g/mol. The number of benzene rings is 2. The van der Waals surface area contributed by atoms with E-state index >= 15 is 0 Å². The molecule has 0 aliphatic carbocycles. The molecule has 2 N–H and O–H groups in total. The van der Waals surface area contributed by atoms with Crippen molar-refractivity contribution in [1.82, 2.24) is 0 Å². The second kappa shape index (κ2) is 6.47. The third kappa shape index (κ3) is 3.08. The Kier molecular flexibility index (Phi) is 4.40. The Morgan fingerprint density at radius 1 is 1.12 bits per heavy atom. The number of ether oxygens (including phenoxy) is 1. The molecule has 2 aliphatic heterocycles. The quantitative estimate of drug-likeness (QED) is 0.648. The van der Waals surface area contributed by atoms with E-state index in [4.69, 9.17) is 16.3 Å². The summed E-state index contributed by atoms with van der Waals surface area (Å²) in [5.74, 6) is 0.523. The maximum atomic E-state index is 9.70. The van der Waals surface area contributed by atoms with Gasteiger partial charge in [-0.25, -0.2) is 0 Å². The molecule has 3 atom stereocenters.